The minimum absolute atomic E-state index is 0.00838. The minimum Gasteiger partial charge on any atom is -0.342 e. The zero-order valence-electron chi connectivity index (χ0n) is 11.6. The summed E-state index contributed by atoms with van der Waals surface area (Å²) in [6.07, 6.45) is 4.00. The summed E-state index contributed by atoms with van der Waals surface area (Å²) < 4.78 is 24.6. The number of likely N-dealkylation sites (tertiary alicyclic amines) is 1. The summed E-state index contributed by atoms with van der Waals surface area (Å²) in [6.45, 7) is 6.04. The van der Waals surface area contributed by atoms with Gasteiger partial charge in [-0.1, -0.05) is 13.8 Å². The summed E-state index contributed by atoms with van der Waals surface area (Å²) >= 11 is 0. The lowest BCUT2D eigenvalue weighted by atomic mass is 10.1. The third-order valence-corrected chi connectivity index (χ3v) is 4.44. The van der Waals surface area contributed by atoms with Crippen molar-refractivity contribution in [3.05, 3.63) is 0 Å². The Morgan fingerprint density at radius 3 is 2.28 bits per heavy atom. The highest BCUT2D eigenvalue weighted by atomic mass is 32.2. The lowest BCUT2D eigenvalue weighted by Gasteiger charge is -2.23. The standard InChI is InChI=1S/C12H24N2O3S/c1-11(2)6-9-14(18(3,16)17)10-12(15)13-7-4-5-8-13/h11H,4-10H2,1-3H3. The summed E-state index contributed by atoms with van der Waals surface area (Å²) in [4.78, 5) is 13.7. The molecule has 1 amide bonds. The molecule has 0 aromatic rings. The molecule has 0 atom stereocenters. The molecule has 1 rings (SSSR count). The van der Waals surface area contributed by atoms with Gasteiger partial charge in [-0.05, 0) is 25.2 Å². The van der Waals surface area contributed by atoms with E-state index in [1.807, 2.05) is 13.8 Å². The summed E-state index contributed by atoms with van der Waals surface area (Å²) in [5.41, 5.74) is 0. The van der Waals surface area contributed by atoms with Gasteiger partial charge in [0.05, 0.1) is 12.8 Å². The fourth-order valence-corrected chi connectivity index (χ4v) is 2.76. The van der Waals surface area contributed by atoms with Crippen molar-refractivity contribution in [3.63, 3.8) is 0 Å². The zero-order valence-corrected chi connectivity index (χ0v) is 12.4. The van der Waals surface area contributed by atoms with Crippen molar-refractivity contribution < 1.29 is 13.2 Å². The van der Waals surface area contributed by atoms with Gasteiger partial charge < -0.3 is 4.90 Å². The second-order valence-corrected chi connectivity index (χ2v) is 7.35. The van der Waals surface area contributed by atoms with Crippen LogP contribution in [-0.4, -0.2) is 56.0 Å². The predicted molar refractivity (Wildman–Crippen MR) is 71.7 cm³/mol. The van der Waals surface area contributed by atoms with Crippen LogP contribution in [0.4, 0.5) is 0 Å². The van der Waals surface area contributed by atoms with Crippen LogP contribution in [0, 0.1) is 5.92 Å². The van der Waals surface area contributed by atoms with Gasteiger partial charge in [0.1, 0.15) is 0 Å². The van der Waals surface area contributed by atoms with Gasteiger partial charge in [0.25, 0.3) is 0 Å². The maximum absolute atomic E-state index is 12.0. The molecule has 6 heteroatoms. The van der Waals surface area contributed by atoms with Crippen molar-refractivity contribution in [2.75, 3.05) is 32.4 Å². The molecule has 0 spiro atoms. The minimum atomic E-state index is -3.30. The molecule has 1 heterocycles. The maximum atomic E-state index is 12.0. The Kier molecular flexibility index (Phi) is 5.59. The van der Waals surface area contributed by atoms with Crippen LogP contribution < -0.4 is 0 Å². The van der Waals surface area contributed by atoms with Crippen LogP contribution in [0.5, 0.6) is 0 Å². The molecule has 1 saturated heterocycles. The first kappa shape index (κ1) is 15.4. The lowest BCUT2D eigenvalue weighted by molar-refractivity contribution is -0.130. The lowest BCUT2D eigenvalue weighted by Crippen LogP contribution is -2.42. The highest BCUT2D eigenvalue weighted by Crippen LogP contribution is 2.10. The molecule has 0 unspecified atom stereocenters. The Morgan fingerprint density at radius 1 is 1.28 bits per heavy atom. The van der Waals surface area contributed by atoms with Gasteiger partial charge >= 0.3 is 0 Å². The molecule has 1 fully saturated rings. The van der Waals surface area contributed by atoms with Crippen LogP contribution in [0.1, 0.15) is 33.1 Å². The number of hydrogen-bond donors (Lipinski definition) is 0. The highest BCUT2D eigenvalue weighted by molar-refractivity contribution is 7.88. The molecule has 0 aliphatic carbocycles. The smallest absolute Gasteiger partial charge is 0.237 e. The molecule has 5 nitrogen and oxygen atoms in total. The van der Waals surface area contributed by atoms with Gasteiger partial charge in [0.2, 0.25) is 15.9 Å². The van der Waals surface area contributed by atoms with E-state index in [1.54, 1.807) is 4.90 Å². The second-order valence-electron chi connectivity index (χ2n) is 5.37. The fourth-order valence-electron chi connectivity index (χ4n) is 1.98. The van der Waals surface area contributed by atoms with Gasteiger partial charge in [0.15, 0.2) is 0 Å². The number of hydrogen-bond acceptors (Lipinski definition) is 3. The number of sulfonamides is 1. The van der Waals surface area contributed by atoms with Gasteiger partial charge in [-0.25, -0.2) is 8.42 Å². The van der Waals surface area contributed by atoms with Crippen molar-refractivity contribution >= 4 is 15.9 Å². The van der Waals surface area contributed by atoms with E-state index in [2.05, 4.69) is 0 Å². The van der Waals surface area contributed by atoms with Crippen LogP contribution in [0.3, 0.4) is 0 Å². The first-order valence-corrected chi connectivity index (χ1v) is 8.38. The quantitative estimate of drug-likeness (QED) is 0.725. The topological polar surface area (TPSA) is 57.7 Å². The predicted octanol–water partition coefficient (Wildman–Crippen LogP) is 0.917. The van der Waals surface area contributed by atoms with Crippen LogP contribution >= 0.6 is 0 Å². The molecule has 18 heavy (non-hydrogen) atoms. The van der Waals surface area contributed by atoms with Crippen molar-refractivity contribution in [2.45, 2.75) is 33.1 Å². The fraction of sp³-hybridized carbons (Fsp3) is 0.917. The van der Waals surface area contributed by atoms with E-state index in [1.165, 1.54) is 10.6 Å². The largest absolute Gasteiger partial charge is 0.342 e. The van der Waals surface area contributed by atoms with E-state index in [0.29, 0.717) is 12.5 Å². The van der Waals surface area contributed by atoms with Crippen molar-refractivity contribution in [2.24, 2.45) is 5.92 Å². The summed E-state index contributed by atoms with van der Waals surface area (Å²) in [6, 6.07) is 0. The zero-order chi connectivity index (χ0) is 13.8. The first-order chi connectivity index (χ1) is 8.30. The van der Waals surface area contributed by atoms with Crippen LogP contribution in [0.2, 0.25) is 0 Å². The van der Waals surface area contributed by atoms with Crippen LogP contribution in [0.25, 0.3) is 0 Å². The van der Waals surface area contributed by atoms with E-state index in [9.17, 15) is 13.2 Å². The van der Waals surface area contributed by atoms with Crippen LogP contribution in [0.15, 0.2) is 0 Å². The Hall–Kier alpha value is -0.620. The van der Waals surface area contributed by atoms with Crippen molar-refractivity contribution in [3.8, 4) is 0 Å². The van der Waals surface area contributed by atoms with E-state index in [-0.39, 0.29) is 12.5 Å². The van der Waals surface area contributed by atoms with Crippen molar-refractivity contribution in [1.82, 2.24) is 9.21 Å². The second kappa shape index (κ2) is 6.52. The normalized spacial score (nSPS) is 16.8. The molecule has 0 saturated carbocycles. The van der Waals surface area contributed by atoms with Gasteiger partial charge in [-0.15, -0.1) is 0 Å². The number of nitrogens with zero attached hydrogens (tertiary/aromatic N) is 2. The average molecular weight is 276 g/mol. The average Bonchev–Trinajstić information content (AvgIpc) is 2.74. The molecule has 0 aromatic heterocycles. The molecule has 0 aromatic carbocycles. The molecule has 1 aliphatic rings. The Bertz CT molecular complexity index is 373. The highest BCUT2D eigenvalue weighted by Gasteiger charge is 2.24. The van der Waals surface area contributed by atoms with Crippen LogP contribution in [-0.2, 0) is 14.8 Å². The molecular weight excluding hydrogens is 252 g/mol. The Labute approximate surface area is 110 Å². The molecule has 0 bridgehead atoms. The molecule has 1 aliphatic heterocycles. The SMILES string of the molecule is CC(C)CCN(CC(=O)N1CCCC1)S(C)(=O)=O. The van der Waals surface area contributed by atoms with Crippen molar-refractivity contribution in [1.29, 1.82) is 0 Å². The van der Waals surface area contributed by atoms with Gasteiger partial charge in [0, 0.05) is 19.6 Å². The van der Waals surface area contributed by atoms with E-state index in [0.717, 1.165) is 32.4 Å². The van der Waals surface area contributed by atoms with E-state index >= 15 is 0 Å². The number of rotatable bonds is 6. The molecule has 106 valence electrons. The number of carbonyl (C=O) groups excluding carboxylic acids is 1. The monoisotopic (exact) mass is 276 g/mol. The third-order valence-electron chi connectivity index (χ3n) is 3.20. The Morgan fingerprint density at radius 2 is 1.83 bits per heavy atom. The Balaban J connectivity index is 2.57. The summed E-state index contributed by atoms with van der Waals surface area (Å²) in [5, 5.41) is 0. The summed E-state index contributed by atoms with van der Waals surface area (Å²) in [5.74, 6) is 0.359. The molecular formula is C12H24N2O3S. The number of amides is 1. The molecule has 0 N–H and O–H groups in total. The van der Waals surface area contributed by atoms with Gasteiger partial charge in [-0.2, -0.15) is 4.31 Å². The molecule has 0 radical (unpaired) electrons. The number of carbonyl (C=O) groups is 1. The third kappa shape index (κ3) is 4.94. The first-order valence-electron chi connectivity index (χ1n) is 6.53. The maximum Gasteiger partial charge on any atom is 0.237 e. The van der Waals surface area contributed by atoms with E-state index in [4.69, 9.17) is 0 Å². The summed E-state index contributed by atoms with van der Waals surface area (Å²) in [7, 11) is -3.30. The van der Waals surface area contributed by atoms with Gasteiger partial charge in [-0.3, -0.25) is 4.79 Å². The van der Waals surface area contributed by atoms with E-state index < -0.39 is 10.0 Å².